The Kier molecular flexibility index (Phi) is 3.65. The van der Waals surface area contributed by atoms with E-state index in [9.17, 15) is 0 Å². The minimum Gasteiger partial charge on any atom is -0.385 e. The van der Waals surface area contributed by atoms with Crippen LogP contribution in [0.3, 0.4) is 0 Å². The molecule has 0 aromatic heterocycles. The van der Waals surface area contributed by atoms with Gasteiger partial charge in [-0.15, -0.1) is 0 Å². The molecule has 1 radical (unpaired) electrons. The van der Waals surface area contributed by atoms with E-state index >= 15 is 0 Å². The molecule has 12 heavy (non-hydrogen) atoms. The Morgan fingerprint density at radius 3 is 2.50 bits per heavy atom. The Labute approximate surface area is 74.8 Å². The zero-order chi connectivity index (χ0) is 8.81. The van der Waals surface area contributed by atoms with Gasteiger partial charge in [0.15, 0.2) is 0 Å². The summed E-state index contributed by atoms with van der Waals surface area (Å²) in [6.07, 6.45) is 2.13. The van der Waals surface area contributed by atoms with Crippen molar-refractivity contribution in [3.8, 4) is 0 Å². The molecular formula is C11H16N. The first-order valence-electron chi connectivity index (χ1n) is 4.42. The lowest BCUT2D eigenvalue weighted by molar-refractivity contribution is 0.887. The molecule has 65 valence electrons. The van der Waals surface area contributed by atoms with Crippen LogP contribution in [0.5, 0.6) is 0 Å². The third-order valence-corrected chi connectivity index (χ3v) is 1.81. The summed E-state index contributed by atoms with van der Waals surface area (Å²) in [5, 5.41) is 3.33. The van der Waals surface area contributed by atoms with Gasteiger partial charge in [-0.05, 0) is 25.5 Å². The number of benzene rings is 1. The lowest BCUT2D eigenvalue weighted by Gasteiger charge is -2.04. The van der Waals surface area contributed by atoms with Gasteiger partial charge in [0.1, 0.15) is 0 Å². The molecule has 0 saturated carbocycles. The molecule has 1 nitrogen and oxygen atoms in total. The van der Waals surface area contributed by atoms with E-state index < -0.39 is 0 Å². The zero-order valence-electron chi connectivity index (χ0n) is 7.64. The molecule has 1 heteroatoms. The van der Waals surface area contributed by atoms with E-state index in [0.29, 0.717) is 0 Å². The highest BCUT2D eigenvalue weighted by molar-refractivity contribution is 5.44. The summed E-state index contributed by atoms with van der Waals surface area (Å²) in [6.45, 7) is 6.91. The minimum atomic E-state index is 0.999. The molecule has 0 unspecified atom stereocenters. The van der Waals surface area contributed by atoms with Crippen molar-refractivity contribution in [1.29, 1.82) is 0 Å². The first-order valence-corrected chi connectivity index (χ1v) is 4.42. The first kappa shape index (κ1) is 9.11. The van der Waals surface area contributed by atoms with Gasteiger partial charge in [-0.1, -0.05) is 31.0 Å². The zero-order valence-corrected chi connectivity index (χ0v) is 7.64. The van der Waals surface area contributed by atoms with Gasteiger partial charge in [-0.3, -0.25) is 0 Å². The van der Waals surface area contributed by atoms with E-state index in [0.717, 1.165) is 19.4 Å². The third kappa shape index (κ3) is 2.95. The largest absolute Gasteiger partial charge is 0.385 e. The van der Waals surface area contributed by atoms with Crippen molar-refractivity contribution in [2.75, 3.05) is 11.9 Å². The average molecular weight is 162 g/mol. The van der Waals surface area contributed by atoms with Crippen molar-refractivity contribution in [1.82, 2.24) is 0 Å². The van der Waals surface area contributed by atoms with Gasteiger partial charge in [0, 0.05) is 12.2 Å². The van der Waals surface area contributed by atoms with Gasteiger partial charge in [0.05, 0.1) is 0 Å². The van der Waals surface area contributed by atoms with Gasteiger partial charge >= 0.3 is 0 Å². The third-order valence-electron chi connectivity index (χ3n) is 1.81. The molecule has 0 spiro atoms. The highest BCUT2D eigenvalue weighted by Gasteiger charge is 1.89. The maximum Gasteiger partial charge on any atom is 0.0340 e. The lowest BCUT2D eigenvalue weighted by Crippen LogP contribution is -2.00. The van der Waals surface area contributed by atoms with Crippen LogP contribution < -0.4 is 5.32 Å². The number of unbranched alkanes of at least 4 members (excludes halogenated alkanes) is 1. The summed E-state index contributed by atoms with van der Waals surface area (Å²) in [6, 6.07) is 8.45. The molecule has 1 aromatic rings. The molecule has 1 aromatic carbocycles. The summed E-state index contributed by atoms with van der Waals surface area (Å²) in [7, 11) is 0. The summed E-state index contributed by atoms with van der Waals surface area (Å²) in [5.41, 5.74) is 2.51. The van der Waals surface area contributed by atoms with Crippen LogP contribution in [-0.2, 0) is 0 Å². The Morgan fingerprint density at radius 2 is 1.92 bits per heavy atom. The summed E-state index contributed by atoms with van der Waals surface area (Å²) in [5.74, 6) is 0. The van der Waals surface area contributed by atoms with Crippen molar-refractivity contribution >= 4 is 5.69 Å². The second-order valence-electron chi connectivity index (χ2n) is 3.00. The summed E-state index contributed by atoms with van der Waals surface area (Å²) in [4.78, 5) is 0. The van der Waals surface area contributed by atoms with Crippen molar-refractivity contribution in [2.24, 2.45) is 0 Å². The number of nitrogens with one attached hydrogen (secondary N) is 1. The molecule has 0 fully saturated rings. The molecule has 0 atom stereocenters. The van der Waals surface area contributed by atoms with Crippen LogP contribution in [0.25, 0.3) is 0 Å². The van der Waals surface area contributed by atoms with E-state index in [2.05, 4.69) is 43.4 Å². The predicted octanol–water partition coefficient (Wildman–Crippen LogP) is 3.02. The van der Waals surface area contributed by atoms with Crippen LogP contribution in [0.2, 0.25) is 0 Å². The normalized spacial score (nSPS) is 9.83. The fourth-order valence-corrected chi connectivity index (χ4v) is 1.03. The number of aryl methyl sites for hydroxylation is 1. The maximum atomic E-state index is 3.79. The molecule has 0 aliphatic heterocycles. The second-order valence-corrected chi connectivity index (χ2v) is 3.00. The highest BCUT2D eigenvalue weighted by atomic mass is 14.9. The Hall–Kier alpha value is -0.980. The van der Waals surface area contributed by atoms with Crippen LogP contribution in [0, 0.1) is 13.8 Å². The van der Waals surface area contributed by atoms with Crippen molar-refractivity contribution in [3.63, 3.8) is 0 Å². The predicted molar refractivity (Wildman–Crippen MR) is 54.3 cm³/mol. The molecule has 0 heterocycles. The van der Waals surface area contributed by atoms with Gasteiger partial charge < -0.3 is 5.32 Å². The summed E-state index contributed by atoms with van der Waals surface area (Å²) >= 11 is 0. The average Bonchev–Trinajstić information content (AvgIpc) is 2.09. The van der Waals surface area contributed by atoms with E-state index in [4.69, 9.17) is 0 Å². The highest BCUT2D eigenvalue weighted by Crippen LogP contribution is 2.08. The molecule has 0 saturated heterocycles. The SMILES string of the molecule is [CH2]CCCNc1ccc(C)cc1. The van der Waals surface area contributed by atoms with Gasteiger partial charge in [0.2, 0.25) is 0 Å². The van der Waals surface area contributed by atoms with E-state index in [-0.39, 0.29) is 0 Å². The topological polar surface area (TPSA) is 12.0 Å². The number of hydrogen-bond acceptors (Lipinski definition) is 1. The molecule has 0 amide bonds. The van der Waals surface area contributed by atoms with Crippen LogP contribution >= 0.6 is 0 Å². The molecule has 1 rings (SSSR count). The van der Waals surface area contributed by atoms with Crippen LogP contribution in [0.4, 0.5) is 5.69 Å². The minimum absolute atomic E-state index is 0.999. The molecular weight excluding hydrogens is 146 g/mol. The van der Waals surface area contributed by atoms with Gasteiger partial charge in [-0.2, -0.15) is 0 Å². The Bertz CT molecular complexity index is 213. The van der Waals surface area contributed by atoms with Crippen LogP contribution in [0.15, 0.2) is 24.3 Å². The summed E-state index contributed by atoms with van der Waals surface area (Å²) < 4.78 is 0. The van der Waals surface area contributed by atoms with Crippen molar-refractivity contribution in [3.05, 3.63) is 36.8 Å². The monoisotopic (exact) mass is 162 g/mol. The van der Waals surface area contributed by atoms with Crippen LogP contribution in [0.1, 0.15) is 18.4 Å². The number of rotatable bonds is 4. The van der Waals surface area contributed by atoms with E-state index in [1.165, 1.54) is 11.3 Å². The van der Waals surface area contributed by atoms with Crippen molar-refractivity contribution in [2.45, 2.75) is 19.8 Å². The molecule has 1 N–H and O–H groups in total. The van der Waals surface area contributed by atoms with Crippen molar-refractivity contribution < 1.29 is 0 Å². The lowest BCUT2D eigenvalue weighted by atomic mass is 10.2. The first-order chi connectivity index (χ1) is 5.83. The quantitative estimate of drug-likeness (QED) is 0.671. The second kappa shape index (κ2) is 4.81. The molecule has 0 aliphatic rings. The fraction of sp³-hybridized carbons (Fsp3) is 0.364. The fourth-order valence-electron chi connectivity index (χ4n) is 1.03. The molecule has 0 aliphatic carbocycles. The number of hydrogen-bond donors (Lipinski definition) is 1. The van der Waals surface area contributed by atoms with E-state index in [1.54, 1.807) is 0 Å². The van der Waals surface area contributed by atoms with E-state index in [1.807, 2.05) is 0 Å². The molecule has 0 bridgehead atoms. The number of anilines is 1. The smallest absolute Gasteiger partial charge is 0.0340 e. The van der Waals surface area contributed by atoms with Crippen LogP contribution in [-0.4, -0.2) is 6.54 Å². The maximum absolute atomic E-state index is 3.79. The van der Waals surface area contributed by atoms with Gasteiger partial charge in [-0.25, -0.2) is 0 Å². The standard InChI is InChI=1S/C11H16N/c1-3-4-9-12-11-7-5-10(2)6-8-11/h5-8,12H,1,3-4,9H2,2H3. The Balaban J connectivity index is 2.37. The Morgan fingerprint density at radius 1 is 1.25 bits per heavy atom. The van der Waals surface area contributed by atoms with Gasteiger partial charge in [0.25, 0.3) is 0 Å².